The molecule has 0 amide bonds. The third-order valence-electron chi connectivity index (χ3n) is 3.96. The van der Waals surface area contributed by atoms with Gasteiger partial charge in [-0.3, -0.25) is 4.98 Å². The van der Waals surface area contributed by atoms with Crippen molar-refractivity contribution in [2.75, 3.05) is 0 Å². The maximum absolute atomic E-state index is 4.61. The molecule has 3 aromatic heterocycles. The molecule has 5 heteroatoms. The first-order chi connectivity index (χ1) is 11.8. The Kier molecular flexibility index (Phi) is 4.17. The van der Waals surface area contributed by atoms with E-state index in [1.165, 1.54) is 0 Å². The van der Waals surface area contributed by atoms with Crippen LogP contribution in [0.2, 0.25) is 0 Å². The van der Waals surface area contributed by atoms with Gasteiger partial charge in [0.1, 0.15) is 0 Å². The van der Waals surface area contributed by atoms with Crippen LogP contribution in [0, 0.1) is 6.07 Å². The van der Waals surface area contributed by atoms with E-state index in [2.05, 4.69) is 26.0 Å². The van der Waals surface area contributed by atoms with Crippen molar-refractivity contribution in [3.8, 4) is 0 Å². The average molecular weight is 332 g/mol. The fourth-order valence-corrected chi connectivity index (χ4v) is 2.87. The SMILES string of the molecule is [Na+].[c-]1cc2cc3nc(cc4nc(cc5ccc(cc1[nH]2)[nH]5)C=C4)C=C3. The second-order valence-electron chi connectivity index (χ2n) is 5.82. The van der Waals surface area contributed by atoms with Gasteiger partial charge in [-0.15, -0.1) is 6.07 Å². The predicted octanol–water partition coefficient (Wildman–Crippen LogP) is 1.46. The molecule has 4 nitrogen and oxygen atoms in total. The molecule has 0 saturated carbocycles. The van der Waals surface area contributed by atoms with E-state index < -0.39 is 0 Å². The molecule has 0 aliphatic carbocycles. The van der Waals surface area contributed by atoms with Crippen molar-refractivity contribution in [3.05, 3.63) is 71.3 Å². The number of aromatic amines is 2. The third-order valence-corrected chi connectivity index (χ3v) is 3.96. The van der Waals surface area contributed by atoms with Gasteiger partial charge in [0.25, 0.3) is 0 Å². The van der Waals surface area contributed by atoms with Gasteiger partial charge >= 0.3 is 29.6 Å². The topological polar surface area (TPSA) is 57.4 Å². The van der Waals surface area contributed by atoms with E-state index in [9.17, 15) is 0 Å². The number of nitrogens with zero attached hydrogens (tertiary/aromatic N) is 2. The molecule has 8 bridgehead atoms. The number of hydrogen-bond donors (Lipinski definition) is 2. The summed E-state index contributed by atoms with van der Waals surface area (Å²) in [6.07, 6.45) is 8.01. The first kappa shape index (κ1) is 16.1. The van der Waals surface area contributed by atoms with Crippen LogP contribution in [0.25, 0.3) is 46.4 Å². The van der Waals surface area contributed by atoms with E-state index in [4.69, 9.17) is 0 Å². The Morgan fingerprint density at radius 3 is 1.88 bits per heavy atom. The molecular formula is C20H13N4Na. The van der Waals surface area contributed by atoms with Gasteiger partial charge in [0.05, 0.1) is 22.8 Å². The summed E-state index contributed by atoms with van der Waals surface area (Å²) in [4.78, 5) is 15.9. The van der Waals surface area contributed by atoms with Crippen LogP contribution in [0.4, 0.5) is 0 Å². The number of H-pyrrole nitrogens is 2. The van der Waals surface area contributed by atoms with Crippen LogP contribution < -0.4 is 29.6 Å². The molecule has 25 heavy (non-hydrogen) atoms. The summed E-state index contributed by atoms with van der Waals surface area (Å²) in [7, 11) is 0. The Balaban J connectivity index is 0.00000157. The Morgan fingerprint density at radius 1 is 0.640 bits per heavy atom. The molecule has 0 atom stereocenters. The molecule has 0 spiro atoms. The average Bonchev–Trinajstić information content (AvgIpc) is 3.32. The standard InChI is InChI=1S/C20H13N4.Na/c1-2-14-10-16-5-6-18(23-16)12-20-8-7-19(24-20)11-17-4-3-15(22-17)9-13(1)21-14;/h1-7,9-12,23-24H;/q-1;+1. The molecular weight excluding hydrogens is 319 g/mol. The van der Waals surface area contributed by atoms with Gasteiger partial charge in [0, 0.05) is 5.52 Å². The molecule has 2 N–H and O–H groups in total. The zero-order chi connectivity index (χ0) is 15.9. The molecule has 0 saturated heterocycles. The Morgan fingerprint density at radius 2 is 1.20 bits per heavy atom. The second-order valence-corrected chi connectivity index (χ2v) is 5.82. The van der Waals surface area contributed by atoms with Crippen LogP contribution in [0.15, 0.2) is 42.5 Å². The van der Waals surface area contributed by atoms with Gasteiger partial charge in [-0.1, -0.05) is 17.1 Å². The minimum absolute atomic E-state index is 0. The van der Waals surface area contributed by atoms with E-state index in [0.717, 1.165) is 44.8 Å². The monoisotopic (exact) mass is 332 g/mol. The largest absolute Gasteiger partial charge is 1.00 e. The summed E-state index contributed by atoms with van der Waals surface area (Å²) in [5.41, 5.74) is 7.59. The third kappa shape index (κ3) is 3.37. The molecule has 0 radical (unpaired) electrons. The molecule has 0 fully saturated rings. The second kappa shape index (κ2) is 6.48. The molecule has 2 aliphatic heterocycles. The van der Waals surface area contributed by atoms with Crippen molar-refractivity contribution >= 4 is 46.4 Å². The molecule has 114 valence electrons. The molecule has 0 aromatic carbocycles. The van der Waals surface area contributed by atoms with Gasteiger partial charge in [-0.2, -0.15) is 12.1 Å². The number of nitrogens with one attached hydrogen (secondary N) is 2. The van der Waals surface area contributed by atoms with Crippen molar-refractivity contribution in [2.45, 2.75) is 0 Å². The van der Waals surface area contributed by atoms with Crippen LogP contribution in [0.1, 0.15) is 22.8 Å². The van der Waals surface area contributed by atoms with Crippen molar-refractivity contribution < 1.29 is 29.6 Å². The predicted molar refractivity (Wildman–Crippen MR) is 97.7 cm³/mol. The molecule has 2 aliphatic rings. The van der Waals surface area contributed by atoms with Gasteiger partial charge in [0.15, 0.2) is 0 Å². The zero-order valence-corrected chi connectivity index (χ0v) is 15.7. The van der Waals surface area contributed by atoms with E-state index >= 15 is 0 Å². The Hall–Kier alpha value is -2.40. The summed E-state index contributed by atoms with van der Waals surface area (Å²) in [6, 6.07) is 17.3. The minimum atomic E-state index is 0. The van der Waals surface area contributed by atoms with Gasteiger partial charge in [-0.05, 0) is 54.1 Å². The van der Waals surface area contributed by atoms with Gasteiger partial charge < -0.3 is 9.97 Å². The fourth-order valence-electron chi connectivity index (χ4n) is 2.87. The minimum Gasteiger partial charge on any atom is -0.428 e. The van der Waals surface area contributed by atoms with Crippen molar-refractivity contribution in [3.63, 3.8) is 0 Å². The van der Waals surface area contributed by atoms with E-state index in [1.54, 1.807) is 0 Å². The smallest absolute Gasteiger partial charge is 0.428 e. The van der Waals surface area contributed by atoms with Crippen LogP contribution in [-0.4, -0.2) is 19.9 Å². The molecule has 0 unspecified atom stereocenters. The van der Waals surface area contributed by atoms with Crippen LogP contribution in [0.5, 0.6) is 0 Å². The maximum atomic E-state index is 4.61. The van der Waals surface area contributed by atoms with E-state index in [0.29, 0.717) is 0 Å². The first-order valence-corrected chi connectivity index (χ1v) is 7.76. The molecule has 5 heterocycles. The summed E-state index contributed by atoms with van der Waals surface area (Å²) in [6.45, 7) is 0. The normalized spacial score (nSPS) is 12.2. The first-order valence-electron chi connectivity index (χ1n) is 7.76. The van der Waals surface area contributed by atoms with Crippen LogP contribution in [-0.2, 0) is 0 Å². The zero-order valence-electron chi connectivity index (χ0n) is 13.7. The Bertz CT molecular complexity index is 1080. The summed E-state index contributed by atoms with van der Waals surface area (Å²) < 4.78 is 0. The van der Waals surface area contributed by atoms with Crippen molar-refractivity contribution in [1.82, 2.24) is 19.9 Å². The van der Waals surface area contributed by atoms with Crippen LogP contribution in [0.3, 0.4) is 0 Å². The van der Waals surface area contributed by atoms with Crippen LogP contribution >= 0.6 is 0 Å². The Labute approximate surface area is 166 Å². The summed E-state index contributed by atoms with van der Waals surface area (Å²) in [5.74, 6) is 0. The quantitative estimate of drug-likeness (QED) is 0.333. The van der Waals surface area contributed by atoms with E-state index in [-0.39, 0.29) is 29.6 Å². The molecule has 5 rings (SSSR count). The fraction of sp³-hybridized carbons (Fsp3) is 0. The van der Waals surface area contributed by atoms with Gasteiger partial charge in [0.2, 0.25) is 0 Å². The van der Waals surface area contributed by atoms with Gasteiger partial charge in [-0.25, -0.2) is 4.98 Å². The summed E-state index contributed by atoms with van der Waals surface area (Å²) in [5, 5.41) is 0. The number of aromatic nitrogens is 4. The van der Waals surface area contributed by atoms with Crippen molar-refractivity contribution in [1.29, 1.82) is 0 Å². The number of rotatable bonds is 0. The van der Waals surface area contributed by atoms with E-state index in [1.807, 2.05) is 66.8 Å². The maximum Gasteiger partial charge on any atom is 1.00 e. The molecule has 3 aromatic rings. The van der Waals surface area contributed by atoms with Crippen molar-refractivity contribution in [2.24, 2.45) is 0 Å². The number of fused-ring (bicyclic) bond motifs is 8. The summed E-state index contributed by atoms with van der Waals surface area (Å²) >= 11 is 0. The number of hydrogen-bond acceptors (Lipinski definition) is 2.